The van der Waals surface area contributed by atoms with Gasteiger partial charge in [-0.2, -0.15) is 0 Å². The third kappa shape index (κ3) is 11.8. The highest BCUT2D eigenvalue weighted by molar-refractivity contribution is 8.51. The zero-order valence-corrected chi connectivity index (χ0v) is 4.26. The summed E-state index contributed by atoms with van der Waals surface area (Å²) in [6.07, 6.45) is 0. The van der Waals surface area contributed by atoms with Crippen LogP contribution < -0.4 is 0 Å². The van der Waals surface area contributed by atoms with Crippen LogP contribution in [0.15, 0.2) is 0 Å². The number of hydrogen-bond acceptors (Lipinski definition) is 2. The fourth-order valence-corrected chi connectivity index (χ4v) is 0. The lowest BCUT2D eigenvalue weighted by atomic mass is 15.9. The Labute approximate surface area is 35.8 Å². The Balaban J connectivity index is 2.32. The molecule has 0 heterocycles. The summed E-state index contributed by atoms with van der Waals surface area (Å²) in [5.41, 5.74) is 0. The zero-order chi connectivity index (χ0) is 3.58. The molecule has 26 valence electrons. The minimum Gasteiger partial charge on any atom is -0.351 e. The molecule has 0 radical (unpaired) electrons. The van der Waals surface area contributed by atoms with Crippen LogP contribution in [-0.4, -0.2) is 4.89 Å². The highest BCUT2D eigenvalue weighted by atomic mass is 35.7. The molecule has 4 heavy (non-hydrogen) atoms. The molecular weight excluding hydrogens is 114 g/mol. The molecule has 0 aliphatic carbocycles. The molecule has 1 unspecified atom stereocenters. The molecular formula is H2ClOPS. The average Bonchev–Trinajstić information content (AvgIpc) is 0.811. The lowest BCUT2D eigenvalue weighted by Crippen LogP contribution is -1.24. The van der Waals surface area contributed by atoms with Crippen molar-refractivity contribution in [2.75, 3.05) is 0 Å². The van der Waals surface area contributed by atoms with Gasteiger partial charge in [0, 0.05) is 0 Å². The van der Waals surface area contributed by atoms with Crippen molar-refractivity contribution in [1.82, 2.24) is 0 Å². The van der Waals surface area contributed by atoms with E-state index in [4.69, 9.17) is 16.1 Å². The smallest absolute Gasteiger partial charge is 0.182 e. The molecule has 0 bridgehead atoms. The van der Waals surface area contributed by atoms with Crippen molar-refractivity contribution < 1.29 is 4.89 Å². The SMILES string of the molecule is OP(S)Cl. The Morgan fingerprint density at radius 1 is 2.00 bits per heavy atom. The second-order valence-corrected chi connectivity index (χ2v) is 3.53. The third-order valence-corrected chi connectivity index (χ3v) is 0. The van der Waals surface area contributed by atoms with E-state index in [0.717, 1.165) is 0 Å². The van der Waals surface area contributed by atoms with Crippen molar-refractivity contribution in [3.63, 3.8) is 0 Å². The van der Waals surface area contributed by atoms with E-state index in [1.54, 1.807) is 0 Å². The van der Waals surface area contributed by atoms with Crippen LogP contribution in [0.5, 0.6) is 0 Å². The summed E-state index contributed by atoms with van der Waals surface area (Å²) >= 11 is 8.11. The van der Waals surface area contributed by atoms with Gasteiger partial charge in [0.05, 0.1) is 0 Å². The number of hydrogen-bond donors (Lipinski definition) is 2. The maximum Gasteiger partial charge on any atom is 0.182 e. The van der Waals surface area contributed by atoms with Crippen molar-refractivity contribution in [1.29, 1.82) is 0 Å². The van der Waals surface area contributed by atoms with Gasteiger partial charge in [-0.25, -0.2) is 0 Å². The van der Waals surface area contributed by atoms with Crippen LogP contribution in [0, 0.1) is 0 Å². The second kappa shape index (κ2) is 2.28. The predicted octanol–water partition coefficient (Wildman–Crippen LogP) is 1.37. The second-order valence-electron chi connectivity index (χ2n) is 0.241. The van der Waals surface area contributed by atoms with Crippen molar-refractivity contribution >= 4 is 30.2 Å². The van der Waals surface area contributed by atoms with Crippen LogP contribution in [0.4, 0.5) is 0 Å². The molecule has 4 heteroatoms. The Hall–Kier alpha value is 1.03. The Bertz CT molecular complexity index is 12.8. The topological polar surface area (TPSA) is 20.2 Å². The van der Waals surface area contributed by atoms with Crippen LogP contribution in [0.1, 0.15) is 0 Å². The molecule has 0 aliphatic rings. The van der Waals surface area contributed by atoms with Gasteiger partial charge in [-0.05, 0) is 0 Å². The molecule has 1 atom stereocenters. The van der Waals surface area contributed by atoms with Gasteiger partial charge in [-0.15, -0.1) is 12.2 Å². The Kier molecular flexibility index (Phi) is 2.86. The lowest BCUT2D eigenvalue weighted by molar-refractivity contribution is 0.655. The average molecular weight is 117 g/mol. The maximum absolute atomic E-state index is 7.75. The van der Waals surface area contributed by atoms with Crippen molar-refractivity contribution in [3.05, 3.63) is 0 Å². The summed E-state index contributed by atoms with van der Waals surface area (Å²) in [6.45, 7) is -1.45. The van der Waals surface area contributed by atoms with Crippen LogP contribution in [0.3, 0.4) is 0 Å². The molecule has 1 N–H and O–H groups in total. The first kappa shape index (κ1) is 5.03. The summed E-state index contributed by atoms with van der Waals surface area (Å²) in [4.78, 5) is 7.75. The Morgan fingerprint density at radius 2 is 2.00 bits per heavy atom. The standard InChI is InChI=1S/ClH2OPS/c1-3(2)4/h2,4H. The third-order valence-electron chi connectivity index (χ3n) is 0. The molecule has 1 nitrogen and oxygen atoms in total. The molecule has 0 aromatic rings. The normalized spacial score (nSPS) is 15.8. The molecule has 0 aromatic carbocycles. The minimum atomic E-state index is -1.45. The lowest BCUT2D eigenvalue weighted by Gasteiger charge is -1.74. The Morgan fingerprint density at radius 3 is 2.00 bits per heavy atom. The highest BCUT2D eigenvalue weighted by Gasteiger charge is 1.75. The van der Waals surface area contributed by atoms with Gasteiger partial charge in [0.2, 0.25) is 0 Å². The van der Waals surface area contributed by atoms with E-state index in [2.05, 4.69) is 12.2 Å². The highest BCUT2D eigenvalue weighted by Crippen LogP contribution is 2.39. The van der Waals surface area contributed by atoms with Gasteiger partial charge in [0.1, 0.15) is 0 Å². The molecule has 0 aliphatic heterocycles. The van der Waals surface area contributed by atoms with Gasteiger partial charge >= 0.3 is 0 Å². The van der Waals surface area contributed by atoms with Crippen molar-refractivity contribution in [2.24, 2.45) is 0 Å². The number of rotatable bonds is 0. The van der Waals surface area contributed by atoms with Crippen molar-refractivity contribution in [3.8, 4) is 0 Å². The summed E-state index contributed by atoms with van der Waals surface area (Å²) in [5.74, 6) is 0. The first-order valence-corrected chi connectivity index (χ1v) is 3.92. The van der Waals surface area contributed by atoms with E-state index >= 15 is 0 Å². The monoisotopic (exact) mass is 116 g/mol. The maximum atomic E-state index is 7.75. The molecule has 0 fully saturated rings. The van der Waals surface area contributed by atoms with E-state index in [1.807, 2.05) is 0 Å². The molecule has 0 spiro atoms. The fraction of sp³-hybridized carbons (Fsp3) is 0. The molecule has 0 rings (SSSR count). The van der Waals surface area contributed by atoms with Gasteiger partial charge in [-0.3, -0.25) is 0 Å². The first-order chi connectivity index (χ1) is 1.73. The van der Waals surface area contributed by atoms with Crippen LogP contribution in [-0.2, 0) is 0 Å². The number of thiol groups is 1. The van der Waals surface area contributed by atoms with Gasteiger partial charge in [-0.1, -0.05) is 11.2 Å². The fourth-order valence-electron chi connectivity index (χ4n) is 0. The predicted molar refractivity (Wildman–Crippen MR) is 24.0 cm³/mol. The number of halogens is 1. The molecule has 0 amide bonds. The van der Waals surface area contributed by atoms with E-state index < -0.39 is 6.70 Å². The zero-order valence-electron chi connectivity index (χ0n) is 1.72. The molecule has 0 aromatic heterocycles. The van der Waals surface area contributed by atoms with Crippen molar-refractivity contribution in [2.45, 2.75) is 0 Å². The minimum absolute atomic E-state index is 1.45. The largest absolute Gasteiger partial charge is 0.351 e. The van der Waals surface area contributed by atoms with Crippen LogP contribution in [0.2, 0.25) is 0 Å². The first-order valence-electron chi connectivity index (χ1n) is 0.569. The molecule has 0 saturated carbocycles. The van der Waals surface area contributed by atoms with E-state index in [0.29, 0.717) is 0 Å². The van der Waals surface area contributed by atoms with Gasteiger partial charge < -0.3 is 4.89 Å². The van der Waals surface area contributed by atoms with E-state index in [9.17, 15) is 0 Å². The summed E-state index contributed by atoms with van der Waals surface area (Å²) < 4.78 is 0. The quantitative estimate of drug-likeness (QED) is 0.362. The van der Waals surface area contributed by atoms with Crippen LogP contribution in [0.25, 0.3) is 0 Å². The van der Waals surface area contributed by atoms with E-state index in [-0.39, 0.29) is 0 Å². The van der Waals surface area contributed by atoms with Gasteiger partial charge in [0.15, 0.2) is 6.70 Å². The van der Waals surface area contributed by atoms with E-state index in [1.165, 1.54) is 0 Å². The van der Waals surface area contributed by atoms with Crippen LogP contribution >= 0.6 is 30.2 Å². The molecule has 0 saturated heterocycles. The summed E-state index contributed by atoms with van der Waals surface area (Å²) in [6, 6.07) is 0. The summed E-state index contributed by atoms with van der Waals surface area (Å²) in [7, 11) is 0. The van der Waals surface area contributed by atoms with Gasteiger partial charge in [0.25, 0.3) is 0 Å². The summed E-state index contributed by atoms with van der Waals surface area (Å²) in [5, 5.41) is 0.